The molecule has 3 aromatic rings. The molecule has 5 heteroatoms. The summed E-state index contributed by atoms with van der Waals surface area (Å²) < 4.78 is 28.7. The quantitative estimate of drug-likeness (QED) is 0.462. The molecule has 3 heterocycles. The van der Waals surface area contributed by atoms with Gasteiger partial charge in [-0.2, -0.15) is 4.31 Å². The molecular weight excluding hydrogens is 464 g/mol. The van der Waals surface area contributed by atoms with E-state index in [1.165, 1.54) is 30.4 Å². The first-order valence-corrected chi connectivity index (χ1v) is 14.9. The first-order chi connectivity index (χ1) is 17.5. The number of nitrogens with zero attached hydrogens (tertiary/aromatic N) is 2. The summed E-state index contributed by atoms with van der Waals surface area (Å²) in [5, 5.41) is 0. The van der Waals surface area contributed by atoms with Crippen LogP contribution in [-0.4, -0.2) is 49.8 Å². The van der Waals surface area contributed by atoms with Crippen molar-refractivity contribution in [2.24, 2.45) is 5.92 Å². The third kappa shape index (κ3) is 4.53. The molecule has 0 radical (unpaired) electrons. The minimum atomic E-state index is -3.49. The fourth-order valence-electron chi connectivity index (χ4n) is 6.89. The summed E-state index contributed by atoms with van der Waals surface area (Å²) in [5.41, 5.74) is 4.20. The van der Waals surface area contributed by atoms with Crippen LogP contribution in [0.1, 0.15) is 42.4 Å². The predicted octanol–water partition coefficient (Wildman–Crippen LogP) is 5.29. The zero-order chi connectivity index (χ0) is 24.6. The molecule has 0 spiro atoms. The lowest BCUT2D eigenvalue weighted by atomic mass is 9.75. The van der Waals surface area contributed by atoms with Crippen LogP contribution in [0, 0.1) is 5.92 Å². The number of piperidine rings is 1. The van der Waals surface area contributed by atoms with Gasteiger partial charge in [0.1, 0.15) is 0 Å². The first kappa shape index (κ1) is 23.9. The highest BCUT2D eigenvalue weighted by molar-refractivity contribution is 7.89. The van der Waals surface area contributed by atoms with E-state index in [2.05, 4.69) is 59.5 Å². The summed E-state index contributed by atoms with van der Waals surface area (Å²) in [5.74, 6) is 0.717. The molecule has 4 aliphatic rings. The summed E-state index contributed by atoms with van der Waals surface area (Å²) >= 11 is 0. The van der Waals surface area contributed by atoms with E-state index in [1.54, 1.807) is 22.0 Å². The van der Waals surface area contributed by atoms with Gasteiger partial charge in [0.05, 0.1) is 4.90 Å². The highest BCUT2D eigenvalue weighted by atomic mass is 32.2. The summed E-state index contributed by atoms with van der Waals surface area (Å²) in [7, 11) is -3.49. The van der Waals surface area contributed by atoms with Crippen LogP contribution in [0.15, 0.2) is 89.8 Å². The van der Waals surface area contributed by atoms with Gasteiger partial charge in [0.15, 0.2) is 0 Å². The normalized spacial score (nSPS) is 26.9. The Hall–Kier alpha value is -2.47. The van der Waals surface area contributed by atoms with Crippen LogP contribution < -0.4 is 0 Å². The van der Waals surface area contributed by atoms with Crippen LogP contribution in [0.4, 0.5) is 0 Å². The largest absolute Gasteiger partial charge is 0.300 e. The van der Waals surface area contributed by atoms with Gasteiger partial charge in [-0.3, -0.25) is 4.90 Å². The van der Waals surface area contributed by atoms with Crippen molar-refractivity contribution < 1.29 is 8.42 Å². The highest BCUT2D eigenvalue weighted by Crippen LogP contribution is 2.41. The summed E-state index contributed by atoms with van der Waals surface area (Å²) in [6, 6.07) is 29.2. The maximum atomic E-state index is 13.5. The second-order valence-electron chi connectivity index (χ2n) is 11.1. The van der Waals surface area contributed by atoms with E-state index in [9.17, 15) is 8.42 Å². The van der Waals surface area contributed by atoms with E-state index in [-0.39, 0.29) is 5.41 Å². The van der Waals surface area contributed by atoms with Crippen molar-refractivity contribution in [1.82, 2.24) is 9.21 Å². The van der Waals surface area contributed by atoms with Gasteiger partial charge in [0.2, 0.25) is 10.0 Å². The average molecular weight is 501 g/mol. The van der Waals surface area contributed by atoms with E-state index in [1.807, 2.05) is 18.2 Å². The van der Waals surface area contributed by atoms with E-state index in [0.29, 0.717) is 29.9 Å². The minimum Gasteiger partial charge on any atom is -0.300 e. The van der Waals surface area contributed by atoms with Gasteiger partial charge in [-0.25, -0.2) is 8.42 Å². The molecule has 0 saturated carbocycles. The fraction of sp³-hybridized carbons (Fsp3) is 0.419. The van der Waals surface area contributed by atoms with E-state index in [4.69, 9.17) is 0 Å². The van der Waals surface area contributed by atoms with Gasteiger partial charge < -0.3 is 0 Å². The van der Waals surface area contributed by atoms with Crippen LogP contribution in [-0.2, 0) is 28.3 Å². The minimum absolute atomic E-state index is 0.150. The van der Waals surface area contributed by atoms with Crippen LogP contribution in [0.2, 0.25) is 0 Å². The molecule has 4 nitrogen and oxygen atoms in total. The molecule has 7 rings (SSSR count). The SMILES string of the molecule is O=S(=O)(c1ccccc1)N1CC[C@@](CCN2C[C@H]3CC[C@@H]2Cc2ccccc2C3)(c2ccccc2)C1. The topological polar surface area (TPSA) is 40.6 Å². The Bertz CT molecular complexity index is 1290. The molecule has 2 fully saturated rings. The third-order valence-corrected chi connectivity index (χ3v) is 10.8. The molecule has 0 N–H and O–H groups in total. The van der Waals surface area contributed by atoms with Crippen LogP contribution >= 0.6 is 0 Å². The molecule has 0 unspecified atom stereocenters. The van der Waals surface area contributed by atoms with E-state index in [0.717, 1.165) is 32.4 Å². The Balaban J connectivity index is 1.24. The van der Waals surface area contributed by atoms with Crippen molar-refractivity contribution in [3.05, 3.63) is 102 Å². The average Bonchev–Trinajstić information content (AvgIpc) is 3.35. The van der Waals surface area contributed by atoms with Crippen LogP contribution in [0.3, 0.4) is 0 Å². The number of fused-ring (bicyclic) bond motifs is 2. The Kier molecular flexibility index (Phi) is 6.49. The Morgan fingerprint density at radius 3 is 2.22 bits per heavy atom. The fourth-order valence-corrected chi connectivity index (χ4v) is 8.44. The van der Waals surface area contributed by atoms with Crippen LogP contribution in [0.25, 0.3) is 0 Å². The van der Waals surface area contributed by atoms with E-state index < -0.39 is 10.0 Å². The van der Waals surface area contributed by atoms with Crippen molar-refractivity contribution in [1.29, 1.82) is 0 Å². The highest BCUT2D eigenvalue weighted by Gasteiger charge is 2.44. The van der Waals surface area contributed by atoms with Gasteiger partial charge in [-0.15, -0.1) is 0 Å². The second kappa shape index (κ2) is 9.77. The standard InChI is InChI=1S/C31H36N2O2S/c34-36(35,30-13-5-2-6-14-30)33-20-18-31(24-33,28-11-3-1-4-12-28)17-19-32-23-25-15-16-29(32)22-27-10-8-7-9-26(27)21-25/h1-14,25,29H,15-24H2/t25-,29+,31+/m0/s1. The van der Waals surface area contributed by atoms with Crippen molar-refractivity contribution in [3.63, 3.8) is 0 Å². The first-order valence-electron chi connectivity index (χ1n) is 13.5. The molecule has 3 aliphatic heterocycles. The lowest BCUT2D eigenvalue weighted by molar-refractivity contribution is 0.0920. The lowest BCUT2D eigenvalue weighted by Gasteiger charge is -2.44. The Labute approximate surface area is 216 Å². The molecule has 0 amide bonds. The lowest BCUT2D eigenvalue weighted by Crippen LogP contribution is -2.48. The Morgan fingerprint density at radius 2 is 1.47 bits per heavy atom. The molecule has 36 heavy (non-hydrogen) atoms. The Morgan fingerprint density at radius 1 is 0.806 bits per heavy atom. The second-order valence-corrected chi connectivity index (χ2v) is 13.0. The molecule has 2 bridgehead atoms. The monoisotopic (exact) mass is 500 g/mol. The van der Waals surface area contributed by atoms with E-state index >= 15 is 0 Å². The van der Waals surface area contributed by atoms with Gasteiger partial charge in [0, 0.05) is 31.1 Å². The number of sulfonamides is 1. The maximum Gasteiger partial charge on any atom is 0.243 e. The van der Waals surface area contributed by atoms with Crippen molar-refractivity contribution in [3.8, 4) is 0 Å². The number of hydrogen-bond acceptors (Lipinski definition) is 3. The molecule has 3 aromatic carbocycles. The molecule has 188 valence electrons. The van der Waals surface area contributed by atoms with Crippen molar-refractivity contribution in [2.75, 3.05) is 26.2 Å². The molecular formula is C31H36N2O2S. The van der Waals surface area contributed by atoms with Gasteiger partial charge in [-0.1, -0.05) is 72.8 Å². The zero-order valence-electron chi connectivity index (χ0n) is 20.9. The zero-order valence-corrected chi connectivity index (χ0v) is 21.7. The summed E-state index contributed by atoms with van der Waals surface area (Å²) in [6.07, 6.45) is 6.77. The maximum absolute atomic E-state index is 13.5. The number of benzene rings is 3. The molecule has 3 atom stereocenters. The number of hydrogen-bond donors (Lipinski definition) is 0. The smallest absolute Gasteiger partial charge is 0.243 e. The summed E-state index contributed by atoms with van der Waals surface area (Å²) in [4.78, 5) is 3.14. The molecule has 2 saturated heterocycles. The van der Waals surface area contributed by atoms with Crippen molar-refractivity contribution >= 4 is 10.0 Å². The summed E-state index contributed by atoms with van der Waals surface area (Å²) in [6.45, 7) is 3.32. The molecule has 1 aliphatic carbocycles. The van der Waals surface area contributed by atoms with Gasteiger partial charge in [-0.05, 0) is 79.8 Å². The van der Waals surface area contributed by atoms with Gasteiger partial charge in [0.25, 0.3) is 0 Å². The predicted molar refractivity (Wildman–Crippen MR) is 144 cm³/mol. The van der Waals surface area contributed by atoms with Crippen LogP contribution in [0.5, 0.6) is 0 Å². The van der Waals surface area contributed by atoms with Gasteiger partial charge >= 0.3 is 0 Å². The van der Waals surface area contributed by atoms with Crippen molar-refractivity contribution in [2.45, 2.75) is 54.9 Å². The third-order valence-electron chi connectivity index (χ3n) is 8.96. The number of rotatable bonds is 6. The molecule has 0 aromatic heterocycles.